The molecule has 0 spiro atoms. The predicted molar refractivity (Wildman–Crippen MR) is 81.6 cm³/mol. The van der Waals surface area contributed by atoms with Crippen molar-refractivity contribution in [3.8, 4) is 0 Å². The summed E-state index contributed by atoms with van der Waals surface area (Å²) >= 11 is 6.07. The van der Waals surface area contributed by atoms with Crippen LogP contribution in [0.15, 0.2) is 23.2 Å². The van der Waals surface area contributed by atoms with Crippen LogP contribution in [0.2, 0.25) is 5.02 Å². The molecule has 2 nitrogen and oxygen atoms in total. The Hall–Kier alpha value is -1.09. The molecule has 0 amide bonds. The molecule has 0 aromatic heterocycles. The number of amidine groups is 1. The Kier molecular flexibility index (Phi) is 2.50. The van der Waals surface area contributed by atoms with Crippen LogP contribution < -0.4 is 0 Å². The molecule has 5 aliphatic rings. The van der Waals surface area contributed by atoms with E-state index in [9.17, 15) is 0 Å². The summed E-state index contributed by atoms with van der Waals surface area (Å²) in [6, 6.07) is 5.73. The standard InChI is InChI=1S/C17H18ClFN2/c18-12-1-2-14-15(8-12)20-17-11-4-9-3-10(5-11)7-13(6-9)21(17)16(14)19/h1-2,8-11,13,16H,3-7H2. The molecule has 1 aromatic carbocycles. The molecule has 0 radical (unpaired) electrons. The highest BCUT2D eigenvalue weighted by Crippen LogP contribution is 2.53. The van der Waals surface area contributed by atoms with Crippen molar-refractivity contribution in [3.05, 3.63) is 28.8 Å². The summed E-state index contributed by atoms with van der Waals surface area (Å²) in [5, 5.41) is 0.637. The molecule has 3 heterocycles. The van der Waals surface area contributed by atoms with Crippen LogP contribution >= 0.6 is 11.6 Å². The number of alkyl halides is 1. The van der Waals surface area contributed by atoms with Gasteiger partial charge in [-0.1, -0.05) is 17.7 Å². The fourth-order valence-corrected chi connectivity index (χ4v) is 5.36. The molecule has 2 saturated heterocycles. The Bertz CT molecular complexity index is 630. The first kappa shape index (κ1) is 12.5. The van der Waals surface area contributed by atoms with Crippen LogP contribution in [0.25, 0.3) is 0 Å². The Morgan fingerprint density at radius 3 is 2.62 bits per heavy atom. The van der Waals surface area contributed by atoms with Crippen molar-refractivity contribution < 1.29 is 4.39 Å². The maximum absolute atomic E-state index is 15.2. The van der Waals surface area contributed by atoms with E-state index in [1.165, 1.54) is 19.3 Å². The number of aliphatic imine (C=N–C) groups is 1. The van der Waals surface area contributed by atoms with Crippen LogP contribution in [-0.4, -0.2) is 16.8 Å². The van der Waals surface area contributed by atoms with Crippen LogP contribution in [-0.2, 0) is 0 Å². The van der Waals surface area contributed by atoms with Crippen LogP contribution in [0.5, 0.6) is 0 Å². The fourth-order valence-electron chi connectivity index (χ4n) is 5.19. The minimum atomic E-state index is -1.05. The molecule has 6 rings (SSSR count). The largest absolute Gasteiger partial charge is 0.323 e. The number of hydrogen-bond donors (Lipinski definition) is 0. The van der Waals surface area contributed by atoms with Crippen molar-refractivity contribution in [2.24, 2.45) is 22.7 Å². The summed E-state index contributed by atoms with van der Waals surface area (Å²) in [7, 11) is 0. The van der Waals surface area contributed by atoms with E-state index in [1.807, 2.05) is 11.0 Å². The van der Waals surface area contributed by atoms with E-state index in [2.05, 4.69) is 0 Å². The van der Waals surface area contributed by atoms with Crippen molar-refractivity contribution in [2.45, 2.75) is 44.4 Å². The number of benzene rings is 1. The van der Waals surface area contributed by atoms with Crippen molar-refractivity contribution in [2.75, 3.05) is 0 Å². The van der Waals surface area contributed by atoms with Gasteiger partial charge in [-0.15, -0.1) is 0 Å². The van der Waals surface area contributed by atoms with Gasteiger partial charge in [0.25, 0.3) is 0 Å². The van der Waals surface area contributed by atoms with Gasteiger partial charge in [-0.25, -0.2) is 9.38 Å². The number of fused-ring (bicyclic) bond motifs is 1. The van der Waals surface area contributed by atoms with Gasteiger partial charge in [-0.2, -0.15) is 0 Å². The highest BCUT2D eigenvalue weighted by atomic mass is 35.5. The van der Waals surface area contributed by atoms with E-state index in [0.29, 0.717) is 22.5 Å². The van der Waals surface area contributed by atoms with E-state index in [-0.39, 0.29) is 0 Å². The third kappa shape index (κ3) is 1.73. The van der Waals surface area contributed by atoms with Gasteiger partial charge < -0.3 is 4.90 Å². The van der Waals surface area contributed by atoms with Gasteiger partial charge in [0.05, 0.1) is 5.69 Å². The highest BCUT2D eigenvalue weighted by Gasteiger charge is 2.49. The lowest BCUT2D eigenvalue weighted by Crippen LogP contribution is -2.43. The van der Waals surface area contributed by atoms with Crippen LogP contribution in [0.3, 0.4) is 0 Å². The SMILES string of the molecule is FC1c2ccc(Cl)cc2N=C2C3CC4CC(C3)CC(C4)N21. The fraction of sp³-hybridized carbons (Fsp3) is 0.588. The third-order valence-electron chi connectivity index (χ3n) is 5.86. The van der Waals surface area contributed by atoms with E-state index in [4.69, 9.17) is 16.6 Å². The van der Waals surface area contributed by atoms with Crippen LogP contribution in [0, 0.1) is 17.8 Å². The molecule has 1 aromatic rings. The third-order valence-corrected chi connectivity index (χ3v) is 6.10. The van der Waals surface area contributed by atoms with Gasteiger partial charge in [-0.3, -0.25) is 0 Å². The second-order valence-electron chi connectivity index (χ2n) is 7.18. The molecular weight excluding hydrogens is 287 g/mol. The first-order chi connectivity index (χ1) is 10.2. The normalized spacial score (nSPS) is 39.6. The number of halogens is 2. The zero-order chi connectivity index (χ0) is 14.1. The van der Waals surface area contributed by atoms with Gasteiger partial charge in [0.1, 0.15) is 5.84 Å². The Labute approximate surface area is 129 Å². The predicted octanol–water partition coefficient (Wildman–Crippen LogP) is 4.86. The summed E-state index contributed by atoms with van der Waals surface area (Å²) in [6.45, 7) is 0. The molecule has 21 heavy (non-hydrogen) atoms. The maximum atomic E-state index is 15.2. The van der Waals surface area contributed by atoms with Crippen LogP contribution in [0.4, 0.5) is 10.1 Å². The maximum Gasteiger partial charge on any atom is 0.201 e. The monoisotopic (exact) mass is 304 g/mol. The lowest BCUT2D eigenvalue weighted by molar-refractivity contribution is 0.0656. The molecule has 3 unspecified atom stereocenters. The smallest absolute Gasteiger partial charge is 0.201 e. The average Bonchev–Trinajstić information content (AvgIpc) is 2.61. The van der Waals surface area contributed by atoms with Gasteiger partial charge in [0, 0.05) is 22.5 Å². The Morgan fingerprint density at radius 2 is 1.86 bits per heavy atom. The Balaban J connectivity index is 1.68. The number of hydrogen-bond acceptors (Lipinski definition) is 2. The summed E-state index contributed by atoms with van der Waals surface area (Å²) in [6.07, 6.45) is 5.00. The lowest BCUT2D eigenvalue weighted by atomic mass is 9.68. The summed E-state index contributed by atoms with van der Waals surface area (Å²) < 4.78 is 15.2. The topological polar surface area (TPSA) is 15.6 Å². The summed E-state index contributed by atoms with van der Waals surface area (Å²) in [5.41, 5.74) is 1.42. The first-order valence-electron chi connectivity index (χ1n) is 7.99. The first-order valence-corrected chi connectivity index (χ1v) is 8.37. The molecule has 4 fully saturated rings. The molecule has 2 saturated carbocycles. The highest BCUT2D eigenvalue weighted by molar-refractivity contribution is 6.30. The second-order valence-corrected chi connectivity index (χ2v) is 7.61. The molecular formula is C17H18ClFN2. The lowest BCUT2D eigenvalue weighted by Gasteiger charge is -2.40. The summed E-state index contributed by atoms with van der Waals surface area (Å²) in [4.78, 5) is 6.87. The molecule has 4 heteroatoms. The molecule has 4 bridgehead atoms. The van der Waals surface area contributed by atoms with E-state index < -0.39 is 6.30 Å². The minimum absolute atomic E-state index is 0.346. The van der Waals surface area contributed by atoms with Crippen molar-refractivity contribution in [1.82, 2.24) is 4.90 Å². The molecule has 110 valence electrons. The van der Waals surface area contributed by atoms with Gasteiger partial charge in [0.2, 0.25) is 6.30 Å². The summed E-state index contributed by atoms with van der Waals surface area (Å²) in [5.74, 6) is 3.01. The van der Waals surface area contributed by atoms with Gasteiger partial charge in [-0.05, 0) is 56.1 Å². The van der Waals surface area contributed by atoms with Crippen LogP contribution in [0.1, 0.15) is 44.0 Å². The average molecular weight is 305 g/mol. The van der Waals surface area contributed by atoms with Crippen molar-refractivity contribution in [1.29, 1.82) is 0 Å². The van der Waals surface area contributed by atoms with E-state index in [0.717, 1.165) is 36.2 Å². The molecule has 0 N–H and O–H groups in total. The second kappa shape index (κ2) is 4.22. The molecule has 3 atom stereocenters. The number of nitrogens with zero attached hydrogens (tertiary/aromatic N) is 2. The van der Waals surface area contributed by atoms with Gasteiger partial charge >= 0.3 is 0 Å². The van der Waals surface area contributed by atoms with E-state index >= 15 is 4.39 Å². The minimum Gasteiger partial charge on any atom is -0.323 e. The Morgan fingerprint density at radius 1 is 1.10 bits per heavy atom. The van der Waals surface area contributed by atoms with E-state index in [1.54, 1.807) is 12.1 Å². The molecule has 2 aliphatic carbocycles. The quantitative estimate of drug-likeness (QED) is 0.625. The van der Waals surface area contributed by atoms with Gasteiger partial charge in [0.15, 0.2) is 0 Å². The van der Waals surface area contributed by atoms with Crippen molar-refractivity contribution in [3.63, 3.8) is 0 Å². The molecule has 3 aliphatic heterocycles. The number of rotatable bonds is 0. The zero-order valence-corrected chi connectivity index (χ0v) is 12.6. The zero-order valence-electron chi connectivity index (χ0n) is 11.8. The van der Waals surface area contributed by atoms with Crippen molar-refractivity contribution >= 4 is 23.1 Å².